The number of rotatable bonds is 6. The van der Waals surface area contributed by atoms with Crippen LogP contribution < -0.4 is 4.74 Å². The molecule has 1 aromatic rings. The summed E-state index contributed by atoms with van der Waals surface area (Å²) in [5, 5.41) is 0. The van der Waals surface area contributed by atoms with Crippen molar-refractivity contribution in [3.63, 3.8) is 0 Å². The Morgan fingerprint density at radius 2 is 1.84 bits per heavy atom. The van der Waals surface area contributed by atoms with Gasteiger partial charge in [0.15, 0.2) is 5.78 Å². The second-order valence-electron chi connectivity index (χ2n) is 5.75. The maximum absolute atomic E-state index is 11.6. The van der Waals surface area contributed by atoms with Gasteiger partial charge in [-0.3, -0.25) is 4.79 Å². The van der Waals surface area contributed by atoms with Gasteiger partial charge >= 0.3 is 0 Å². The first-order chi connectivity index (χ1) is 8.84. The van der Waals surface area contributed by atoms with Gasteiger partial charge in [0, 0.05) is 25.7 Å². The molecule has 0 spiro atoms. The Labute approximate surface area is 115 Å². The summed E-state index contributed by atoms with van der Waals surface area (Å²) in [6.07, 6.45) is 0.839. The van der Waals surface area contributed by atoms with Crippen LogP contribution in [-0.4, -0.2) is 26.1 Å². The Bertz CT molecular complexity index is 430. The standard InChI is InChI=1S/C16H24O3/c1-12(17)13-9-14(16(2,3)4)11-15(10-13)19-8-6-7-18-5/h9-11H,6-8H2,1-5H3. The van der Waals surface area contributed by atoms with E-state index in [1.54, 1.807) is 14.0 Å². The third-order valence-electron chi connectivity index (χ3n) is 2.94. The average Bonchev–Trinajstić information content (AvgIpc) is 2.33. The fraction of sp³-hybridized carbons (Fsp3) is 0.562. The molecule has 0 amide bonds. The van der Waals surface area contributed by atoms with Crippen LogP contribution in [-0.2, 0) is 10.2 Å². The number of hydrogen-bond acceptors (Lipinski definition) is 3. The third-order valence-corrected chi connectivity index (χ3v) is 2.94. The lowest BCUT2D eigenvalue weighted by atomic mass is 9.85. The van der Waals surface area contributed by atoms with E-state index >= 15 is 0 Å². The lowest BCUT2D eigenvalue weighted by molar-refractivity contribution is 0.101. The van der Waals surface area contributed by atoms with Crippen molar-refractivity contribution in [2.45, 2.75) is 39.5 Å². The van der Waals surface area contributed by atoms with E-state index in [1.165, 1.54) is 0 Å². The monoisotopic (exact) mass is 264 g/mol. The van der Waals surface area contributed by atoms with Gasteiger partial charge in [-0.05, 0) is 36.1 Å². The number of benzene rings is 1. The van der Waals surface area contributed by atoms with Crippen LogP contribution in [0.25, 0.3) is 0 Å². The van der Waals surface area contributed by atoms with Crippen molar-refractivity contribution in [2.75, 3.05) is 20.3 Å². The fourth-order valence-electron chi connectivity index (χ4n) is 1.71. The second kappa shape index (κ2) is 6.71. The van der Waals surface area contributed by atoms with Crippen LogP contribution in [0.3, 0.4) is 0 Å². The number of Topliss-reactive ketones (excluding diaryl/α,β-unsaturated/α-hetero) is 1. The summed E-state index contributed by atoms with van der Waals surface area (Å²) in [5.74, 6) is 0.821. The number of hydrogen-bond donors (Lipinski definition) is 0. The van der Waals surface area contributed by atoms with E-state index in [9.17, 15) is 4.79 Å². The molecule has 0 radical (unpaired) electrons. The largest absolute Gasteiger partial charge is 0.493 e. The Kier molecular flexibility index (Phi) is 5.55. The van der Waals surface area contributed by atoms with Crippen molar-refractivity contribution < 1.29 is 14.3 Å². The van der Waals surface area contributed by atoms with Gasteiger partial charge in [-0.15, -0.1) is 0 Å². The van der Waals surface area contributed by atoms with Crippen molar-refractivity contribution >= 4 is 5.78 Å². The molecular weight excluding hydrogens is 240 g/mol. The highest BCUT2D eigenvalue weighted by molar-refractivity contribution is 5.94. The number of ketones is 1. The van der Waals surface area contributed by atoms with Crippen LogP contribution in [0.2, 0.25) is 0 Å². The van der Waals surface area contributed by atoms with Crippen molar-refractivity contribution in [3.05, 3.63) is 29.3 Å². The average molecular weight is 264 g/mol. The lowest BCUT2D eigenvalue weighted by Crippen LogP contribution is -2.13. The maximum atomic E-state index is 11.6. The van der Waals surface area contributed by atoms with E-state index in [0.29, 0.717) is 18.8 Å². The zero-order valence-corrected chi connectivity index (χ0v) is 12.6. The van der Waals surface area contributed by atoms with Crippen LogP contribution in [0.15, 0.2) is 18.2 Å². The van der Waals surface area contributed by atoms with Gasteiger partial charge in [-0.25, -0.2) is 0 Å². The van der Waals surface area contributed by atoms with Gasteiger partial charge in [0.2, 0.25) is 0 Å². The first-order valence-corrected chi connectivity index (χ1v) is 6.63. The zero-order chi connectivity index (χ0) is 14.5. The topological polar surface area (TPSA) is 35.5 Å². The van der Waals surface area contributed by atoms with Crippen LogP contribution in [0, 0.1) is 0 Å². The summed E-state index contributed by atoms with van der Waals surface area (Å²) in [6.45, 7) is 9.23. The third kappa shape index (κ3) is 5.03. The molecule has 106 valence electrons. The molecule has 0 aliphatic rings. The molecule has 0 fully saturated rings. The molecule has 0 aliphatic heterocycles. The maximum Gasteiger partial charge on any atom is 0.159 e. The van der Waals surface area contributed by atoms with Crippen LogP contribution >= 0.6 is 0 Å². The molecule has 1 aromatic carbocycles. The molecule has 0 saturated carbocycles. The predicted molar refractivity (Wildman–Crippen MR) is 77.1 cm³/mol. The summed E-state index contributed by atoms with van der Waals surface area (Å²) in [4.78, 5) is 11.6. The Morgan fingerprint density at radius 3 is 2.37 bits per heavy atom. The van der Waals surface area contributed by atoms with E-state index < -0.39 is 0 Å². The lowest BCUT2D eigenvalue weighted by Gasteiger charge is -2.21. The minimum Gasteiger partial charge on any atom is -0.493 e. The zero-order valence-electron chi connectivity index (χ0n) is 12.6. The van der Waals surface area contributed by atoms with Crippen molar-refractivity contribution in [3.8, 4) is 5.75 Å². The Balaban J connectivity index is 2.91. The molecule has 0 bridgehead atoms. The van der Waals surface area contributed by atoms with Gasteiger partial charge in [0.25, 0.3) is 0 Å². The highest BCUT2D eigenvalue weighted by Gasteiger charge is 2.16. The number of carbonyl (C=O) groups excluding carboxylic acids is 1. The fourth-order valence-corrected chi connectivity index (χ4v) is 1.71. The summed E-state index contributed by atoms with van der Waals surface area (Å²) >= 11 is 0. The molecule has 0 aliphatic carbocycles. The SMILES string of the molecule is COCCCOc1cc(C(C)=O)cc(C(C)(C)C)c1. The molecule has 0 aromatic heterocycles. The van der Waals surface area contributed by atoms with E-state index in [-0.39, 0.29) is 11.2 Å². The van der Waals surface area contributed by atoms with Gasteiger partial charge in [0.05, 0.1) is 6.61 Å². The molecule has 0 saturated heterocycles. The first-order valence-electron chi connectivity index (χ1n) is 6.63. The van der Waals surface area contributed by atoms with Crippen LogP contribution in [0.1, 0.15) is 50.0 Å². The predicted octanol–water partition coefficient (Wildman–Crippen LogP) is 3.60. The van der Waals surface area contributed by atoms with Crippen molar-refractivity contribution in [1.82, 2.24) is 0 Å². The number of methoxy groups -OCH3 is 1. The van der Waals surface area contributed by atoms with Crippen molar-refractivity contribution in [2.24, 2.45) is 0 Å². The van der Waals surface area contributed by atoms with Gasteiger partial charge < -0.3 is 9.47 Å². The molecule has 3 nitrogen and oxygen atoms in total. The smallest absolute Gasteiger partial charge is 0.159 e. The first kappa shape index (κ1) is 15.7. The van der Waals surface area contributed by atoms with E-state index in [1.807, 2.05) is 18.2 Å². The molecule has 0 atom stereocenters. The van der Waals surface area contributed by atoms with Gasteiger partial charge in [-0.1, -0.05) is 20.8 Å². The summed E-state index contributed by atoms with van der Waals surface area (Å²) in [5.41, 5.74) is 1.81. The van der Waals surface area contributed by atoms with Gasteiger partial charge in [0.1, 0.15) is 5.75 Å². The van der Waals surface area contributed by atoms with Crippen LogP contribution in [0.4, 0.5) is 0 Å². The molecule has 0 heterocycles. The normalized spacial score (nSPS) is 11.4. The minimum atomic E-state index is -0.00387. The summed E-state index contributed by atoms with van der Waals surface area (Å²) < 4.78 is 10.7. The van der Waals surface area contributed by atoms with E-state index in [2.05, 4.69) is 20.8 Å². The van der Waals surface area contributed by atoms with E-state index in [4.69, 9.17) is 9.47 Å². The Hall–Kier alpha value is -1.35. The summed E-state index contributed by atoms with van der Waals surface area (Å²) in [6, 6.07) is 5.77. The molecular formula is C16H24O3. The van der Waals surface area contributed by atoms with E-state index in [0.717, 1.165) is 17.7 Å². The molecule has 0 N–H and O–H groups in total. The second-order valence-corrected chi connectivity index (χ2v) is 5.75. The number of ether oxygens (including phenoxy) is 2. The Morgan fingerprint density at radius 1 is 1.16 bits per heavy atom. The highest BCUT2D eigenvalue weighted by Crippen LogP contribution is 2.28. The highest BCUT2D eigenvalue weighted by atomic mass is 16.5. The van der Waals surface area contributed by atoms with Crippen molar-refractivity contribution in [1.29, 1.82) is 0 Å². The molecule has 0 unspecified atom stereocenters. The van der Waals surface area contributed by atoms with Gasteiger partial charge in [-0.2, -0.15) is 0 Å². The molecule has 19 heavy (non-hydrogen) atoms. The number of carbonyl (C=O) groups is 1. The minimum absolute atomic E-state index is 0.00387. The molecule has 3 heteroatoms. The molecule has 1 rings (SSSR count). The summed E-state index contributed by atoms with van der Waals surface area (Å²) in [7, 11) is 1.67. The van der Waals surface area contributed by atoms with Crippen LogP contribution in [0.5, 0.6) is 5.75 Å². The quantitative estimate of drug-likeness (QED) is 0.581.